The number of nitrogens with two attached hydrogens (primary N) is 1. The zero-order valence-electron chi connectivity index (χ0n) is 12.0. The van der Waals surface area contributed by atoms with Crippen LogP contribution in [0.3, 0.4) is 0 Å². The molecule has 0 aliphatic rings. The molecular weight excluding hydrogens is 220 g/mol. The van der Waals surface area contributed by atoms with Crippen LogP contribution in [-0.2, 0) is 13.5 Å². The molecule has 2 nitrogen and oxygen atoms in total. The molecule has 2 N–H and O–H groups in total. The second-order valence-electron chi connectivity index (χ2n) is 5.45. The van der Waals surface area contributed by atoms with E-state index >= 15 is 0 Å². The Bertz CT molecular complexity index is 550. The van der Waals surface area contributed by atoms with Crippen LogP contribution in [0.2, 0.25) is 0 Å². The lowest BCUT2D eigenvalue weighted by atomic mass is 9.98. The Morgan fingerprint density at radius 3 is 2.61 bits per heavy atom. The molecule has 1 aromatic carbocycles. The normalized spacial score (nSPS) is 11.7. The van der Waals surface area contributed by atoms with E-state index < -0.39 is 0 Å². The third-order valence-electron chi connectivity index (χ3n) is 3.94. The monoisotopic (exact) mass is 244 g/mol. The molecule has 18 heavy (non-hydrogen) atoms. The zero-order valence-corrected chi connectivity index (χ0v) is 12.0. The minimum atomic E-state index is 0.581. The molecular formula is C16H24N2. The van der Waals surface area contributed by atoms with Crippen molar-refractivity contribution < 1.29 is 0 Å². The van der Waals surface area contributed by atoms with E-state index in [1.54, 1.807) is 0 Å². The van der Waals surface area contributed by atoms with E-state index in [4.69, 9.17) is 5.73 Å². The summed E-state index contributed by atoms with van der Waals surface area (Å²) < 4.78 is 2.30. The predicted molar refractivity (Wildman–Crippen MR) is 79.1 cm³/mol. The average molecular weight is 244 g/mol. The number of nitrogens with zero attached hydrogens (tertiary/aromatic N) is 1. The minimum Gasteiger partial charge on any atom is -0.348 e. The van der Waals surface area contributed by atoms with Crippen LogP contribution in [0, 0.1) is 6.92 Å². The molecule has 0 radical (unpaired) electrons. The molecule has 1 aromatic heterocycles. The van der Waals surface area contributed by atoms with Crippen molar-refractivity contribution in [1.29, 1.82) is 0 Å². The minimum absolute atomic E-state index is 0.581. The van der Waals surface area contributed by atoms with Gasteiger partial charge < -0.3 is 10.3 Å². The summed E-state index contributed by atoms with van der Waals surface area (Å²) in [7, 11) is 2.15. The number of rotatable bonds is 4. The number of fused-ring (bicyclic) bond motifs is 1. The lowest BCUT2D eigenvalue weighted by Crippen LogP contribution is -2.01. The van der Waals surface area contributed by atoms with Crippen LogP contribution in [0.15, 0.2) is 18.2 Å². The van der Waals surface area contributed by atoms with Gasteiger partial charge in [0.2, 0.25) is 0 Å². The van der Waals surface area contributed by atoms with Gasteiger partial charge in [-0.1, -0.05) is 19.9 Å². The zero-order chi connectivity index (χ0) is 13.3. The van der Waals surface area contributed by atoms with Crippen LogP contribution in [0.4, 0.5) is 0 Å². The fourth-order valence-corrected chi connectivity index (χ4v) is 2.62. The quantitative estimate of drug-likeness (QED) is 0.876. The van der Waals surface area contributed by atoms with Crippen LogP contribution in [0.1, 0.15) is 43.0 Å². The molecule has 1 heterocycles. The first-order valence-corrected chi connectivity index (χ1v) is 6.84. The molecule has 2 heteroatoms. The van der Waals surface area contributed by atoms with E-state index in [0.717, 1.165) is 19.4 Å². The highest BCUT2D eigenvalue weighted by Crippen LogP contribution is 2.29. The van der Waals surface area contributed by atoms with Crippen molar-refractivity contribution in [2.45, 2.75) is 39.5 Å². The van der Waals surface area contributed by atoms with Crippen molar-refractivity contribution in [1.82, 2.24) is 4.57 Å². The molecule has 0 atom stereocenters. The smallest absolute Gasteiger partial charge is 0.0482 e. The number of benzene rings is 1. The maximum absolute atomic E-state index is 5.65. The third kappa shape index (κ3) is 2.17. The van der Waals surface area contributed by atoms with Gasteiger partial charge in [-0.2, -0.15) is 0 Å². The van der Waals surface area contributed by atoms with E-state index in [0.29, 0.717) is 5.92 Å². The third-order valence-corrected chi connectivity index (χ3v) is 3.94. The van der Waals surface area contributed by atoms with Crippen molar-refractivity contribution in [2.75, 3.05) is 6.54 Å². The van der Waals surface area contributed by atoms with E-state index in [2.05, 4.69) is 50.6 Å². The molecule has 0 unspecified atom stereocenters. The largest absolute Gasteiger partial charge is 0.348 e. The highest BCUT2D eigenvalue weighted by Gasteiger charge is 2.12. The molecule has 0 spiro atoms. The first-order chi connectivity index (χ1) is 8.56. The van der Waals surface area contributed by atoms with Gasteiger partial charge in [0.15, 0.2) is 0 Å². The Morgan fingerprint density at radius 2 is 2.00 bits per heavy atom. The van der Waals surface area contributed by atoms with E-state index in [1.165, 1.54) is 27.7 Å². The highest BCUT2D eigenvalue weighted by molar-refractivity contribution is 5.86. The molecule has 2 rings (SSSR count). The van der Waals surface area contributed by atoms with Crippen molar-refractivity contribution >= 4 is 10.9 Å². The molecule has 0 fully saturated rings. The van der Waals surface area contributed by atoms with Crippen LogP contribution >= 0.6 is 0 Å². The topological polar surface area (TPSA) is 30.9 Å². The fourth-order valence-electron chi connectivity index (χ4n) is 2.62. The van der Waals surface area contributed by atoms with Gasteiger partial charge in [-0.05, 0) is 55.5 Å². The summed E-state index contributed by atoms with van der Waals surface area (Å²) in [5, 5.41) is 1.41. The van der Waals surface area contributed by atoms with Crippen molar-refractivity contribution in [3.8, 4) is 0 Å². The summed E-state index contributed by atoms with van der Waals surface area (Å²) >= 11 is 0. The van der Waals surface area contributed by atoms with Crippen molar-refractivity contribution in [2.24, 2.45) is 12.8 Å². The summed E-state index contributed by atoms with van der Waals surface area (Å²) in [5.41, 5.74) is 11.3. The number of aryl methyl sites for hydroxylation is 2. The van der Waals surface area contributed by atoms with Gasteiger partial charge >= 0.3 is 0 Å². The van der Waals surface area contributed by atoms with E-state index in [1.807, 2.05) is 0 Å². The Hall–Kier alpha value is -1.28. The number of hydrogen-bond donors (Lipinski definition) is 1. The summed E-state index contributed by atoms with van der Waals surface area (Å²) in [6.07, 6.45) is 2.15. The first-order valence-electron chi connectivity index (χ1n) is 6.84. The fraction of sp³-hybridized carbons (Fsp3) is 0.500. The van der Waals surface area contributed by atoms with Gasteiger partial charge in [-0.3, -0.25) is 0 Å². The summed E-state index contributed by atoms with van der Waals surface area (Å²) in [4.78, 5) is 0. The maximum atomic E-state index is 5.65. The van der Waals surface area contributed by atoms with Crippen LogP contribution in [0.5, 0.6) is 0 Å². The second kappa shape index (κ2) is 5.15. The maximum Gasteiger partial charge on any atom is 0.0482 e. The standard InChI is InChI=1S/C16H24N2/c1-11(2)13-7-8-16-15(10-13)14(6-5-9-17)12(3)18(16)4/h7-8,10-11H,5-6,9,17H2,1-4H3. The lowest BCUT2D eigenvalue weighted by molar-refractivity contribution is 0.816. The van der Waals surface area contributed by atoms with Gasteiger partial charge in [0.25, 0.3) is 0 Å². The number of aromatic nitrogens is 1. The first kappa shape index (κ1) is 13.2. The van der Waals surface area contributed by atoms with Gasteiger partial charge in [0.05, 0.1) is 0 Å². The van der Waals surface area contributed by atoms with Crippen LogP contribution in [-0.4, -0.2) is 11.1 Å². The molecule has 0 amide bonds. The predicted octanol–water partition coefficient (Wildman–Crippen LogP) is 3.50. The Balaban J connectivity index is 2.59. The number of hydrogen-bond acceptors (Lipinski definition) is 1. The average Bonchev–Trinajstić information content (AvgIpc) is 2.59. The van der Waals surface area contributed by atoms with E-state index in [9.17, 15) is 0 Å². The van der Waals surface area contributed by atoms with Crippen LogP contribution < -0.4 is 5.73 Å². The SMILES string of the molecule is Cc1c(CCCN)c2cc(C(C)C)ccc2n1C. The summed E-state index contributed by atoms with van der Waals surface area (Å²) in [6, 6.07) is 6.86. The van der Waals surface area contributed by atoms with E-state index in [-0.39, 0.29) is 0 Å². The molecule has 2 aromatic rings. The van der Waals surface area contributed by atoms with Gasteiger partial charge in [-0.15, -0.1) is 0 Å². The van der Waals surface area contributed by atoms with Gasteiger partial charge in [0.1, 0.15) is 0 Å². The Kier molecular flexibility index (Phi) is 3.76. The molecule has 0 bridgehead atoms. The molecule has 98 valence electrons. The van der Waals surface area contributed by atoms with Gasteiger partial charge in [0, 0.05) is 23.6 Å². The highest BCUT2D eigenvalue weighted by atomic mass is 14.9. The molecule has 0 aliphatic carbocycles. The molecule has 0 aliphatic heterocycles. The summed E-state index contributed by atoms with van der Waals surface area (Å²) in [5.74, 6) is 0.581. The van der Waals surface area contributed by atoms with Crippen LogP contribution in [0.25, 0.3) is 10.9 Å². The second-order valence-corrected chi connectivity index (χ2v) is 5.45. The van der Waals surface area contributed by atoms with Gasteiger partial charge in [-0.25, -0.2) is 0 Å². The lowest BCUT2D eigenvalue weighted by Gasteiger charge is -2.06. The van der Waals surface area contributed by atoms with Crippen molar-refractivity contribution in [3.63, 3.8) is 0 Å². The van der Waals surface area contributed by atoms with Crippen molar-refractivity contribution in [3.05, 3.63) is 35.0 Å². The Labute approximate surface area is 110 Å². The molecule has 0 saturated carbocycles. The Morgan fingerprint density at radius 1 is 1.28 bits per heavy atom. The molecule has 0 saturated heterocycles. The summed E-state index contributed by atoms with van der Waals surface area (Å²) in [6.45, 7) is 7.47.